The first-order valence-corrected chi connectivity index (χ1v) is 11.0. The van der Waals surface area contributed by atoms with Crippen LogP contribution >= 0.6 is 0 Å². The van der Waals surface area contributed by atoms with Crippen LogP contribution in [0.5, 0.6) is 0 Å². The van der Waals surface area contributed by atoms with Gasteiger partial charge in [-0.05, 0) is 37.8 Å². The SMILES string of the molecule is Cc1ccc(Cc2n[nH]c(=O)n2N=CCC/C=N\n2c(Cc3ccc(C)cc3)n[nH]c2=O)cc1. The maximum Gasteiger partial charge on any atom is 0.364 e. The summed E-state index contributed by atoms with van der Waals surface area (Å²) in [4.78, 5) is 24.1. The van der Waals surface area contributed by atoms with E-state index in [1.165, 1.54) is 20.5 Å². The van der Waals surface area contributed by atoms with E-state index in [2.05, 4.69) is 30.6 Å². The molecule has 0 aliphatic rings. The molecule has 0 atom stereocenters. The van der Waals surface area contributed by atoms with E-state index in [1.807, 2.05) is 62.4 Å². The number of rotatable bonds is 9. The van der Waals surface area contributed by atoms with E-state index >= 15 is 0 Å². The van der Waals surface area contributed by atoms with Gasteiger partial charge in [-0.25, -0.2) is 19.8 Å². The number of nitrogens with one attached hydrogen (secondary N) is 2. The van der Waals surface area contributed by atoms with Crippen LogP contribution in [0.25, 0.3) is 0 Å². The first-order valence-electron chi connectivity index (χ1n) is 11.0. The third kappa shape index (κ3) is 5.71. The van der Waals surface area contributed by atoms with E-state index in [9.17, 15) is 9.59 Å². The van der Waals surface area contributed by atoms with Crippen molar-refractivity contribution in [2.24, 2.45) is 10.2 Å². The van der Waals surface area contributed by atoms with Gasteiger partial charge in [-0.15, -0.1) is 0 Å². The van der Waals surface area contributed by atoms with Crippen LogP contribution < -0.4 is 11.4 Å². The Kier molecular flexibility index (Phi) is 7.07. The molecule has 0 bridgehead atoms. The van der Waals surface area contributed by atoms with Crippen LogP contribution in [0.4, 0.5) is 0 Å². The van der Waals surface area contributed by atoms with E-state index in [-0.39, 0.29) is 0 Å². The third-order valence-electron chi connectivity index (χ3n) is 5.22. The van der Waals surface area contributed by atoms with Crippen molar-refractivity contribution >= 4 is 12.4 Å². The van der Waals surface area contributed by atoms with Crippen LogP contribution in [0.1, 0.15) is 46.7 Å². The molecule has 2 N–H and O–H groups in total. The van der Waals surface area contributed by atoms with Crippen molar-refractivity contribution in [3.05, 3.63) is 103 Å². The van der Waals surface area contributed by atoms with Crippen molar-refractivity contribution in [1.82, 2.24) is 29.7 Å². The molecule has 0 fully saturated rings. The summed E-state index contributed by atoms with van der Waals surface area (Å²) in [7, 11) is 0. The summed E-state index contributed by atoms with van der Waals surface area (Å²) in [5, 5.41) is 21.5. The highest BCUT2D eigenvalue weighted by Crippen LogP contribution is 2.09. The van der Waals surface area contributed by atoms with Crippen LogP contribution in [-0.4, -0.2) is 42.2 Å². The Morgan fingerprint density at radius 2 is 1.09 bits per heavy atom. The maximum absolute atomic E-state index is 12.1. The first kappa shape index (κ1) is 22.8. The molecule has 0 radical (unpaired) electrons. The Morgan fingerprint density at radius 3 is 1.47 bits per heavy atom. The summed E-state index contributed by atoms with van der Waals surface area (Å²) in [6.07, 6.45) is 5.31. The fourth-order valence-electron chi connectivity index (χ4n) is 3.32. The zero-order valence-electron chi connectivity index (χ0n) is 19.1. The van der Waals surface area contributed by atoms with Gasteiger partial charge in [0.2, 0.25) is 0 Å². The minimum absolute atomic E-state index is 0.391. The molecule has 0 amide bonds. The average molecular weight is 459 g/mol. The van der Waals surface area contributed by atoms with Crippen LogP contribution in [-0.2, 0) is 12.8 Å². The van der Waals surface area contributed by atoms with Gasteiger partial charge in [-0.2, -0.15) is 29.8 Å². The van der Waals surface area contributed by atoms with Gasteiger partial charge < -0.3 is 0 Å². The lowest BCUT2D eigenvalue weighted by molar-refractivity contribution is 0.767. The molecule has 4 rings (SSSR count). The van der Waals surface area contributed by atoms with Crippen molar-refractivity contribution in [1.29, 1.82) is 0 Å². The minimum Gasteiger partial charge on any atom is -0.244 e. The molecule has 0 unspecified atom stereocenters. The second-order valence-corrected chi connectivity index (χ2v) is 8.01. The molecule has 0 saturated heterocycles. The predicted molar refractivity (Wildman–Crippen MR) is 131 cm³/mol. The van der Waals surface area contributed by atoms with Gasteiger partial charge in [0.25, 0.3) is 0 Å². The van der Waals surface area contributed by atoms with E-state index in [4.69, 9.17) is 0 Å². The van der Waals surface area contributed by atoms with E-state index in [1.54, 1.807) is 12.4 Å². The second kappa shape index (κ2) is 10.5. The molecule has 2 aromatic heterocycles. The highest BCUT2D eigenvalue weighted by atomic mass is 16.2. The van der Waals surface area contributed by atoms with Crippen molar-refractivity contribution < 1.29 is 0 Å². The number of aromatic amines is 2. The molecule has 4 aromatic rings. The third-order valence-corrected chi connectivity index (χ3v) is 5.22. The van der Waals surface area contributed by atoms with Gasteiger partial charge in [-0.1, -0.05) is 59.7 Å². The summed E-state index contributed by atoms with van der Waals surface area (Å²) in [5.41, 5.74) is 3.64. The lowest BCUT2D eigenvalue weighted by Crippen LogP contribution is -2.15. The molecule has 10 nitrogen and oxygen atoms in total. The molecule has 0 aliphatic carbocycles. The predicted octanol–water partition coefficient (Wildman–Crippen LogP) is 2.40. The number of hydrogen-bond acceptors (Lipinski definition) is 6. The summed E-state index contributed by atoms with van der Waals surface area (Å²) >= 11 is 0. The molecule has 0 aliphatic heterocycles. The zero-order chi connectivity index (χ0) is 23.9. The topological polar surface area (TPSA) is 126 Å². The monoisotopic (exact) mass is 458 g/mol. The van der Waals surface area contributed by atoms with Crippen LogP contribution in [0.2, 0.25) is 0 Å². The van der Waals surface area contributed by atoms with Gasteiger partial charge in [0.05, 0.1) is 0 Å². The summed E-state index contributed by atoms with van der Waals surface area (Å²) in [6, 6.07) is 16.1. The van der Waals surface area contributed by atoms with E-state index in [0.717, 1.165) is 11.1 Å². The molecular formula is C24H26N8O2. The molecule has 2 aromatic carbocycles. The maximum atomic E-state index is 12.1. The largest absolute Gasteiger partial charge is 0.364 e. The second-order valence-electron chi connectivity index (χ2n) is 8.01. The zero-order valence-corrected chi connectivity index (χ0v) is 19.1. The Bertz CT molecular complexity index is 1290. The van der Waals surface area contributed by atoms with Gasteiger partial charge in [0.15, 0.2) is 11.6 Å². The fourth-order valence-corrected chi connectivity index (χ4v) is 3.32. The summed E-state index contributed by atoms with van der Waals surface area (Å²) in [6.45, 7) is 4.05. The normalized spacial score (nSPS) is 11.7. The highest BCUT2D eigenvalue weighted by Gasteiger charge is 2.09. The Balaban J connectivity index is 1.35. The number of benzene rings is 2. The molecule has 0 spiro atoms. The van der Waals surface area contributed by atoms with Crippen LogP contribution in [0, 0.1) is 13.8 Å². The molecule has 2 heterocycles. The quantitative estimate of drug-likeness (QED) is 0.295. The molecule has 34 heavy (non-hydrogen) atoms. The number of aryl methyl sites for hydroxylation is 2. The standard InChI is InChI=1S/C24H26N8O2/c1-17-5-9-19(10-6-17)15-21-27-29-23(33)31(21)25-13-3-4-14-26-32-22(28-30-24(32)34)16-20-11-7-18(2)8-12-20/h5-14H,3-4,15-16H2,1-2H3,(H,29,33)(H,30,34)/b25-13-,26-14?. The summed E-state index contributed by atoms with van der Waals surface area (Å²) < 4.78 is 2.52. The first-order chi connectivity index (χ1) is 16.5. The Hall–Kier alpha value is -4.34. The van der Waals surface area contributed by atoms with Crippen LogP contribution in [0.3, 0.4) is 0 Å². The molecular weight excluding hydrogens is 432 g/mol. The molecule has 174 valence electrons. The van der Waals surface area contributed by atoms with E-state index < -0.39 is 11.4 Å². The van der Waals surface area contributed by atoms with Crippen LogP contribution in [0.15, 0.2) is 68.3 Å². The number of unbranched alkanes of at least 4 members (excludes halogenated alkanes) is 1. The van der Waals surface area contributed by atoms with Gasteiger partial charge in [0.1, 0.15) is 0 Å². The Labute approximate surface area is 195 Å². The number of H-pyrrole nitrogens is 2. The molecule has 10 heteroatoms. The van der Waals surface area contributed by atoms with Gasteiger partial charge in [0, 0.05) is 25.3 Å². The number of nitrogens with zero attached hydrogens (tertiary/aromatic N) is 6. The van der Waals surface area contributed by atoms with Gasteiger partial charge in [-0.3, -0.25) is 0 Å². The fraction of sp³-hybridized carbons (Fsp3) is 0.250. The van der Waals surface area contributed by atoms with Crippen molar-refractivity contribution in [3.8, 4) is 0 Å². The lowest BCUT2D eigenvalue weighted by atomic mass is 10.1. The van der Waals surface area contributed by atoms with E-state index in [0.29, 0.717) is 37.3 Å². The number of aromatic nitrogens is 6. The summed E-state index contributed by atoms with van der Waals surface area (Å²) in [5.74, 6) is 1.06. The molecule has 0 saturated carbocycles. The van der Waals surface area contributed by atoms with Crippen molar-refractivity contribution in [3.63, 3.8) is 0 Å². The number of hydrogen-bond donors (Lipinski definition) is 2. The van der Waals surface area contributed by atoms with Gasteiger partial charge >= 0.3 is 11.4 Å². The highest BCUT2D eigenvalue weighted by molar-refractivity contribution is 5.65. The Morgan fingerprint density at radius 1 is 0.706 bits per heavy atom. The van der Waals surface area contributed by atoms with Crippen molar-refractivity contribution in [2.75, 3.05) is 0 Å². The lowest BCUT2D eigenvalue weighted by Gasteiger charge is -2.02. The smallest absolute Gasteiger partial charge is 0.244 e. The van der Waals surface area contributed by atoms with Crippen molar-refractivity contribution in [2.45, 2.75) is 39.5 Å². The average Bonchev–Trinajstić information content (AvgIpc) is 3.35. The minimum atomic E-state index is -0.391.